The van der Waals surface area contributed by atoms with Crippen LogP contribution in [-0.4, -0.2) is 25.2 Å². The Bertz CT molecular complexity index is 1330. The number of aromatic nitrogens is 4. The van der Waals surface area contributed by atoms with Crippen LogP contribution in [0.15, 0.2) is 72.9 Å². The summed E-state index contributed by atoms with van der Waals surface area (Å²) < 4.78 is 3.22. The van der Waals surface area contributed by atoms with Gasteiger partial charge < -0.3 is 5.32 Å². The minimum atomic E-state index is -0.507. The van der Waals surface area contributed by atoms with E-state index < -0.39 is 5.69 Å². The van der Waals surface area contributed by atoms with Crippen LogP contribution in [0.4, 0.5) is 5.69 Å². The van der Waals surface area contributed by atoms with Crippen LogP contribution in [0.1, 0.15) is 6.92 Å². The van der Waals surface area contributed by atoms with Crippen molar-refractivity contribution in [2.24, 2.45) is 0 Å². The molecule has 10 heteroatoms. The molecule has 30 heavy (non-hydrogen) atoms. The van der Waals surface area contributed by atoms with Crippen LogP contribution in [0, 0.1) is 0 Å². The van der Waals surface area contributed by atoms with Crippen LogP contribution in [-0.2, 0) is 17.9 Å². The largest absolute Gasteiger partial charge is 0.331 e. The first-order valence-corrected chi connectivity index (χ1v) is 10.8. The molecule has 0 bridgehead atoms. The molecule has 1 N–H and O–H groups in total. The lowest BCUT2D eigenvalue weighted by Gasteiger charge is -2.14. The molecule has 0 radical (unpaired) electrons. The lowest BCUT2D eigenvalue weighted by Crippen LogP contribution is -2.41. The minimum absolute atomic E-state index is 0.211. The van der Waals surface area contributed by atoms with Gasteiger partial charge in [0, 0.05) is 11.4 Å². The second-order valence-electron chi connectivity index (χ2n) is 6.29. The highest BCUT2D eigenvalue weighted by atomic mass is 32.2. The number of carbonyl (C=O) groups excluding carboxylic acids is 1. The molecule has 2 aromatic carbocycles. The standard InChI is InChI=1S/C20H17N5O3S2/c1-2-24-18(27)13-7-3-5-9-15(13)25(20(24)28)11-17(26)22-14-8-4-6-10-16(14)30-19-23-21-12-29-19/h3-10,12H,2,11H2,1H3,(H,22,26). The van der Waals surface area contributed by atoms with Crippen LogP contribution in [0.25, 0.3) is 10.9 Å². The highest BCUT2D eigenvalue weighted by molar-refractivity contribution is 8.01. The zero-order valence-corrected chi connectivity index (χ0v) is 17.6. The maximum absolute atomic E-state index is 12.8. The lowest BCUT2D eigenvalue weighted by atomic mass is 10.2. The van der Waals surface area contributed by atoms with Crippen LogP contribution < -0.4 is 16.6 Å². The van der Waals surface area contributed by atoms with Crippen molar-refractivity contribution in [2.75, 3.05) is 5.32 Å². The molecule has 0 fully saturated rings. The fourth-order valence-corrected chi connectivity index (χ4v) is 4.62. The first-order valence-electron chi connectivity index (χ1n) is 9.13. The Labute approximate surface area is 179 Å². The van der Waals surface area contributed by atoms with E-state index in [0.717, 1.165) is 13.8 Å². The zero-order valence-electron chi connectivity index (χ0n) is 15.9. The predicted octanol–water partition coefficient (Wildman–Crippen LogP) is 2.82. The third-order valence-electron chi connectivity index (χ3n) is 4.45. The number of hydrogen-bond acceptors (Lipinski definition) is 7. The lowest BCUT2D eigenvalue weighted by molar-refractivity contribution is -0.116. The van der Waals surface area contributed by atoms with Crippen molar-refractivity contribution in [2.45, 2.75) is 29.2 Å². The molecule has 0 spiro atoms. The Morgan fingerprint density at radius 3 is 2.63 bits per heavy atom. The van der Waals surface area contributed by atoms with Gasteiger partial charge in [0.15, 0.2) is 4.34 Å². The average Bonchev–Trinajstić information content (AvgIpc) is 3.26. The molecule has 0 aliphatic heterocycles. The first kappa shape index (κ1) is 20.0. The molecule has 4 rings (SSSR count). The van der Waals surface area contributed by atoms with Gasteiger partial charge in [-0.2, -0.15) is 0 Å². The fraction of sp³-hybridized carbons (Fsp3) is 0.150. The number of nitrogens with zero attached hydrogens (tertiary/aromatic N) is 4. The third-order valence-corrected chi connectivity index (χ3v) is 6.30. The van der Waals surface area contributed by atoms with Gasteiger partial charge in [-0.05, 0) is 31.2 Å². The number of benzene rings is 2. The molecule has 2 aromatic heterocycles. The predicted molar refractivity (Wildman–Crippen MR) is 117 cm³/mol. The van der Waals surface area contributed by atoms with E-state index in [0.29, 0.717) is 16.6 Å². The summed E-state index contributed by atoms with van der Waals surface area (Å²) in [5.41, 5.74) is 1.83. The van der Waals surface area contributed by atoms with Gasteiger partial charge in [0.25, 0.3) is 5.56 Å². The quantitative estimate of drug-likeness (QED) is 0.496. The van der Waals surface area contributed by atoms with Gasteiger partial charge in [-0.25, -0.2) is 4.79 Å². The van der Waals surface area contributed by atoms with Gasteiger partial charge in [-0.15, -0.1) is 10.2 Å². The molecule has 0 atom stereocenters. The van der Waals surface area contributed by atoms with E-state index in [9.17, 15) is 14.4 Å². The summed E-state index contributed by atoms with van der Waals surface area (Å²) in [6.45, 7) is 1.74. The molecular formula is C20H17N5O3S2. The highest BCUT2D eigenvalue weighted by Gasteiger charge is 2.15. The van der Waals surface area contributed by atoms with E-state index in [-0.39, 0.29) is 24.6 Å². The Morgan fingerprint density at radius 1 is 1.10 bits per heavy atom. The number of nitrogens with one attached hydrogen (secondary N) is 1. The van der Waals surface area contributed by atoms with Crippen molar-refractivity contribution in [1.82, 2.24) is 19.3 Å². The summed E-state index contributed by atoms with van der Waals surface area (Å²) in [7, 11) is 0. The van der Waals surface area contributed by atoms with Crippen molar-refractivity contribution in [3.8, 4) is 0 Å². The number of rotatable bonds is 6. The smallest absolute Gasteiger partial charge is 0.323 e. The number of carbonyl (C=O) groups is 1. The summed E-state index contributed by atoms with van der Waals surface area (Å²) in [5, 5.41) is 11.1. The van der Waals surface area contributed by atoms with Crippen molar-refractivity contribution in [3.05, 3.63) is 74.9 Å². The van der Waals surface area contributed by atoms with Crippen LogP contribution >= 0.6 is 23.1 Å². The van der Waals surface area contributed by atoms with E-state index in [1.807, 2.05) is 18.2 Å². The second-order valence-corrected chi connectivity index (χ2v) is 8.41. The van der Waals surface area contributed by atoms with Gasteiger partial charge in [-0.1, -0.05) is 47.4 Å². The number of hydrogen-bond donors (Lipinski definition) is 1. The maximum atomic E-state index is 12.8. The number of para-hydroxylation sites is 2. The molecule has 0 aliphatic carbocycles. The molecule has 8 nitrogen and oxygen atoms in total. The SMILES string of the molecule is CCn1c(=O)c2ccccc2n(CC(=O)Nc2ccccc2Sc2nncs2)c1=O. The summed E-state index contributed by atoms with van der Waals surface area (Å²) in [6.07, 6.45) is 0. The Balaban J connectivity index is 1.66. The summed E-state index contributed by atoms with van der Waals surface area (Å²) in [6, 6.07) is 14.2. The van der Waals surface area contributed by atoms with E-state index in [4.69, 9.17) is 0 Å². The molecule has 0 saturated heterocycles. The summed E-state index contributed by atoms with van der Waals surface area (Å²) >= 11 is 2.81. The highest BCUT2D eigenvalue weighted by Crippen LogP contribution is 2.33. The van der Waals surface area contributed by atoms with E-state index in [2.05, 4.69) is 15.5 Å². The van der Waals surface area contributed by atoms with E-state index in [1.165, 1.54) is 27.7 Å². The number of amides is 1. The molecule has 0 saturated carbocycles. The molecule has 0 aliphatic rings. The topological polar surface area (TPSA) is 98.9 Å². The molecule has 1 amide bonds. The second kappa shape index (κ2) is 8.64. The number of fused-ring (bicyclic) bond motifs is 1. The maximum Gasteiger partial charge on any atom is 0.331 e. The van der Waals surface area contributed by atoms with Crippen LogP contribution in [0.2, 0.25) is 0 Å². The van der Waals surface area contributed by atoms with Crippen molar-refractivity contribution in [3.63, 3.8) is 0 Å². The van der Waals surface area contributed by atoms with Crippen molar-refractivity contribution in [1.29, 1.82) is 0 Å². The molecular weight excluding hydrogens is 422 g/mol. The Morgan fingerprint density at radius 2 is 1.87 bits per heavy atom. The van der Waals surface area contributed by atoms with Gasteiger partial charge in [0.05, 0.1) is 16.6 Å². The normalized spacial score (nSPS) is 11.0. The van der Waals surface area contributed by atoms with E-state index in [1.54, 1.807) is 42.8 Å². The van der Waals surface area contributed by atoms with Crippen LogP contribution in [0.3, 0.4) is 0 Å². The van der Waals surface area contributed by atoms with Crippen molar-refractivity contribution < 1.29 is 4.79 Å². The van der Waals surface area contributed by atoms with Gasteiger partial charge in [0.1, 0.15) is 12.1 Å². The Kier molecular flexibility index (Phi) is 5.77. The first-order chi connectivity index (χ1) is 14.6. The summed E-state index contributed by atoms with van der Waals surface area (Å²) in [5.74, 6) is -0.367. The van der Waals surface area contributed by atoms with Gasteiger partial charge >= 0.3 is 5.69 Å². The van der Waals surface area contributed by atoms with Gasteiger partial charge in [-0.3, -0.25) is 18.7 Å². The van der Waals surface area contributed by atoms with Gasteiger partial charge in [0.2, 0.25) is 5.91 Å². The third kappa shape index (κ3) is 3.91. The van der Waals surface area contributed by atoms with Crippen LogP contribution in [0.5, 0.6) is 0 Å². The fourth-order valence-electron chi connectivity index (χ4n) is 3.10. The zero-order chi connectivity index (χ0) is 21.1. The van der Waals surface area contributed by atoms with Crippen molar-refractivity contribution >= 4 is 45.6 Å². The molecule has 4 aromatic rings. The van der Waals surface area contributed by atoms with E-state index >= 15 is 0 Å². The monoisotopic (exact) mass is 439 g/mol. The minimum Gasteiger partial charge on any atom is -0.323 e. The molecule has 152 valence electrons. The molecule has 2 heterocycles. The Hall–Kier alpha value is -3.24. The number of anilines is 1. The molecule has 0 unspecified atom stereocenters. The summed E-state index contributed by atoms with van der Waals surface area (Å²) in [4.78, 5) is 39.0. The average molecular weight is 440 g/mol.